The van der Waals surface area contributed by atoms with Crippen molar-refractivity contribution in [3.63, 3.8) is 0 Å². The van der Waals surface area contributed by atoms with Gasteiger partial charge in [0.05, 0.1) is 12.7 Å². The molecule has 40 heavy (non-hydrogen) atoms. The molecule has 5 unspecified atom stereocenters. The van der Waals surface area contributed by atoms with Gasteiger partial charge in [-0.3, -0.25) is 4.79 Å². The van der Waals surface area contributed by atoms with Crippen molar-refractivity contribution >= 4 is 11.5 Å². The predicted octanol–water partition coefficient (Wildman–Crippen LogP) is 8.19. The first-order valence-corrected chi connectivity index (χ1v) is 14.8. The number of hydrogen-bond acceptors (Lipinski definition) is 3. The fourth-order valence-electron chi connectivity index (χ4n) is 6.85. The van der Waals surface area contributed by atoms with Crippen LogP contribution in [0.1, 0.15) is 74.5 Å². The van der Waals surface area contributed by atoms with E-state index >= 15 is 0 Å². The number of carbonyl (C=O) groups excluding carboxylic acids is 1. The minimum Gasteiger partial charge on any atom is -0.497 e. The highest BCUT2D eigenvalue weighted by Crippen LogP contribution is 2.51. The highest BCUT2D eigenvalue weighted by atomic mass is 19.1. The molecule has 1 heterocycles. The lowest BCUT2D eigenvalue weighted by Gasteiger charge is -2.39. The van der Waals surface area contributed by atoms with E-state index in [-0.39, 0.29) is 17.8 Å². The van der Waals surface area contributed by atoms with Gasteiger partial charge in [0.1, 0.15) is 17.3 Å². The van der Waals surface area contributed by atoms with Crippen LogP contribution in [0.5, 0.6) is 5.75 Å². The third-order valence-electron chi connectivity index (χ3n) is 8.83. The summed E-state index contributed by atoms with van der Waals surface area (Å²) in [5, 5.41) is 3.77. The summed E-state index contributed by atoms with van der Waals surface area (Å²) in [6.45, 7) is 2.22. The van der Waals surface area contributed by atoms with Crippen LogP contribution < -0.4 is 10.1 Å². The number of ether oxygens (including phenoxy) is 1. The van der Waals surface area contributed by atoms with Crippen LogP contribution in [0.25, 0.3) is 0 Å². The van der Waals surface area contributed by atoms with Crippen molar-refractivity contribution in [3.8, 4) is 17.6 Å². The predicted molar refractivity (Wildman–Crippen MR) is 160 cm³/mol. The molecule has 3 aromatic rings. The second-order valence-corrected chi connectivity index (χ2v) is 11.5. The van der Waals surface area contributed by atoms with Crippen LogP contribution in [0.15, 0.2) is 72.8 Å². The van der Waals surface area contributed by atoms with E-state index in [2.05, 4.69) is 54.4 Å². The Morgan fingerprint density at radius 2 is 1.85 bits per heavy atom. The molecule has 0 spiro atoms. The van der Waals surface area contributed by atoms with Gasteiger partial charge in [0.15, 0.2) is 0 Å². The van der Waals surface area contributed by atoms with Crippen molar-refractivity contribution in [1.82, 2.24) is 0 Å². The van der Waals surface area contributed by atoms with Crippen molar-refractivity contribution in [3.05, 3.63) is 95.3 Å². The summed E-state index contributed by atoms with van der Waals surface area (Å²) in [6.07, 6.45) is 7.41. The van der Waals surface area contributed by atoms with Crippen LogP contribution >= 0.6 is 0 Å². The highest BCUT2D eigenvalue weighted by Gasteiger charge is 2.45. The molecule has 1 aliphatic heterocycles. The Morgan fingerprint density at radius 3 is 2.62 bits per heavy atom. The Kier molecular flexibility index (Phi) is 9.22. The number of nitrogens with one attached hydrogen (secondary N) is 1. The molecule has 0 radical (unpaired) electrons. The van der Waals surface area contributed by atoms with Crippen molar-refractivity contribution in [2.24, 2.45) is 17.8 Å². The van der Waals surface area contributed by atoms with Gasteiger partial charge in [-0.05, 0) is 73.3 Å². The number of ketones is 1. The standard InChI is InChI=1S/C36H40FNO2/c1-3-10-25(13-9-15-27-14-7-8-16-32(27)37)17-18-28-22-29(35(39)21-26-11-5-4-6-12-26)23-34-36(28)31-20-19-30(40-2)24-33(31)38-34/h4-8,11-12,14,16,19-20,24-25,28-29,34,36,38H,3,10,13,17-18,21-23H2,1-2H3. The normalized spacial score (nSPS) is 21.8. The summed E-state index contributed by atoms with van der Waals surface area (Å²) in [7, 11) is 1.70. The molecule has 208 valence electrons. The minimum atomic E-state index is -0.259. The Labute approximate surface area is 238 Å². The number of carbonyl (C=O) groups is 1. The number of rotatable bonds is 10. The van der Waals surface area contributed by atoms with E-state index in [9.17, 15) is 9.18 Å². The highest BCUT2D eigenvalue weighted by molar-refractivity contribution is 5.83. The van der Waals surface area contributed by atoms with Gasteiger partial charge in [-0.15, -0.1) is 0 Å². The summed E-state index contributed by atoms with van der Waals surface area (Å²) in [4.78, 5) is 13.5. The first-order chi connectivity index (χ1) is 19.6. The number of methoxy groups -OCH3 is 1. The molecule has 1 N–H and O–H groups in total. The van der Waals surface area contributed by atoms with Crippen LogP contribution in [0.2, 0.25) is 0 Å². The maximum Gasteiger partial charge on any atom is 0.140 e. The first kappa shape index (κ1) is 28.0. The molecule has 5 rings (SSSR count). The monoisotopic (exact) mass is 537 g/mol. The average molecular weight is 538 g/mol. The van der Waals surface area contributed by atoms with Gasteiger partial charge in [-0.1, -0.05) is 73.7 Å². The zero-order valence-corrected chi connectivity index (χ0v) is 23.7. The fraction of sp³-hybridized carbons (Fsp3) is 0.417. The van der Waals surface area contributed by atoms with Crippen LogP contribution in [-0.2, 0) is 11.2 Å². The zero-order chi connectivity index (χ0) is 27.9. The summed E-state index contributed by atoms with van der Waals surface area (Å²) in [5.41, 5.74) is 4.07. The van der Waals surface area contributed by atoms with Crippen molar-refractivity contribution in [2.75, 3.05) is 12.4 Å². The third-order valence-corrected chi connectivity index (χ3v) is 8.83. The Morgan fingerprint density at radius 1 is 1.05 bits per heavy atom. The fourth-order valence-corrected chi connectivity index (χ4v) is 6.85. The van der Waals surface area contributed by atoms with Gasteiger partial charge in [0, 0.05) is 42.5 Å². The Hall–Kier alpha value is -3.58. The van der Waals surface area contributed by atoms with Crippen LogP contribution in [0.4, 0.5) is 10.1 Å². The van der Waals surface area contributed by atoms with E-state index in [1.807, 2.05) is 24.3 Å². The molecule has 3 aromatic carbocycles. The smallest absolute Gasteiger partial charge is 0.140 e. The Balaban J connectivity index is 1.32. The molecule has 1 saturated carbocycles. The van der Waals surface area contributed by atoms with Crippen molar-refractivity contribution < 1.29 is 13.9 Å². The van der Waals surface area contributed by atoms with Crippen LogP contribution in [0, 0.1) is 35.4 Å². The zero-order valence-electron chi connectivity index (χ0n) is 23.7. The summed E-state index contributed by atoms with van der Waals surface area (Å²) in [6, 6.07) is 23.5. The lowest BCUT2D eigenvalue weighted by molar-refractivity contribution is -0.124. The molecular formula is C36H40FNO2. The number of Topliss-reactive ketones (excluding diaryl/α,β-unsaturated/α-hetero) is 1. The number of halogens is 1. The molecule has 2 aliphatic rings. The molecule has 0 amide bonds. The summed E-state index contributed by atoms with van der Waals surface area (Å²) < 4.78 is 19.5. The topological polar surface area (TPSA) is 38.3 Å². The third kappa shape index (κ3) is 6.58. The van der Waals surface area contributed by atoms with Gasteiger partial charge in [0.25, 0.3) is 0 Å². The second kappa shape index (κ2) is 13.2. The molecule has 3 nitrogen and oxygen atoms in total. The quantitative estimate of drug-likeness (QED) is 0.265. The van der Waals surface area contributed by atoms with E-state index in [0.29, 0.717) is 35.5 Å². The number of fused-ring (bicyclic) bond motifs is 3. The second-order valence-electron chi connectivity index (χ2n) is 11.5. The number of anilines is 1. The van der Waals surface area contributed by atoms with E-state index < -0.39 is 0 Å². The molecular weight excluding hydrogens is 497 g/mol. The summed E-state index contributed by atoms with van der Waals surface area (Å²) in [5.74, 6) is 8.62. The van der Waals surface area contributed by atoms with Crippen molar-refractivity contribution in [2.45, 2.75) is 70.3 Å². The number of hydrogen-bond donors (Lipinski definition) is 1. The molecule has 1 fully saturated rings. The number of benzene rings is 3. The maximum absolute atomic E-state index is 14.0. The minimum absolute atomic E-state index is 0.0561. The Bertz CT molecular complexity index is 1360. The van der Waals surface area contributed by atoms with Gasteiger partial charge in [0.2, 0.25) is 0 Å². The first-order valence-electron chi connectivity index (χ1n) is 14.8. The largest absolute Gasteiger partial charge is 0.497 e. The lowest BCUT2D eigenvalue weighted by Crippen LogP contribution is -2.38. The van der Waals surface area contributed by atoms with E-state index in [1.54, 1.807) is 19.2 Å². The van der Waals surface area contributed by atoms with E-state index in [0.717, 1.165) is 61.9 Å². The van der Waals surface area contributed by atoms with E-state index in [4.69, 9.17) is 4.74 Å². The molecule has 1 aliphatic carbocycles. The average Bonchev–Trinajstić information content (AvgIpc) is 3.35. The van der Waals surface area contributed by atoms with Gasteiger partial charge >= 0.3 is 0 Å². The molecule has 0 saturated heterocycles. The van der Waals surface area contributed by atoms with Crippen molar-refractivity contribution in [1.29, 1.82) is 0 Å². The SMILES string of the molecule is CCCC(CC#Cc1ccccc1F)CCC1CC(C(=O)Cc2ccccc2)CC2Nc3cc(OC)ccc3C12. The van der Waals surface area contributed by atoms with Gasteiger partial charge in [-0.25, -0.2) is 4.39 Å². The molecule has 5 atom stereocenters. The molecule has 0 aromatic heterocycles. The molecule has 0 bridgehead atoms. The van der Waals surface area contributed by atoms with Gasteiger partial charge in [-0.2, -0.15) is 0 Å². The van der Waals surface area contributed by atoms with Crippen LogP contribution in [0.3, 0.4) is 0 Å². The van der Waals surface area contributed by atoms with Gasteiger partial charge < -0.3 is 10.1 Å². The lowest BCUT2D eigenvalue weighted by atomic mass is 9.66. The summed E-state index contributed by atoms with van der Waals surface area (Å²) >= 11 is 0. The maximum atomic E-state index is 14.0. The van der Waals surface area contributed by atoms with Crippen LogP contribution in [-0.4, -0.2) is 18.9 Å². The molecule has 4 heteroatoms. The van der Waals surface area contributed by atoms with E-state index in [1.165, 1.54) is 11.6 Å².